The summed E-state index contributed by atoms with van der Waals surface area (Å²) in [6.45, 7) is 0.539. The molecule has 0 aromatic heterocycles. The zero-order chi connectivity index (χ0) is 15.4. The first-order chi connectivity index (χ1) is 9.99. The second-order valence-corrected chi connectivity index (χ2v) is 6.23. The molecule has 1 aliphatic carbocycles. The van der Waals surface area contributed by atoms with Crippen LogP contribution >= 0.6 is 15.9 Å². The fourth-order valence-corrected chi connectivity index (χ4v) is 2.60. The average Bonchev–Trinajstić information content (AvgIpc) is 3.25. The highest BCUT2D eigenvalue weighted by Crippen LogP contribution is 2.32. The molecule has 2 rings (SSSR count). The predicted molar refractivity (Wildman–Crippen MR) is 82.8 cm³/mol. The number of rotatable bonds is 7. The fraction of sp³-hybridized carbons (Fsp3) is 0.467. The van der Waals surface area contributed by atoms with E-state index in [9.17, 15) is 9.59 Å². The van der Waals surface area contributed by atoms with Crippen molar-refractivity contribution >= 4 is 27.8 Å². The molecule has 0 spiro atoms. The summed E-state index contributed by atoms with van der Waals surface area (Å²) < 4.78 is 0.957. The Morgan fingerprint density at radius 2 is 2.10 bits per heavy atom. The number of carboxylic acid groups (broad SMARTS) is 1. The van der Waals surface area contributed by atoms with Gasteiger partial charge in [-0.3, -0.25) is 14.9 Å². The van der Waals surface area contributed by atoms with Gasteiger partial charge in [-0.2, -0.15) is 0 Å². The van der Waals surface area contributed by atoms with E-state index in [1.54, 1.807) is 11.9 Å². The number of carbonyl (C=O) groups excluding carboxylic acids is 1. The van der Waals surface area contributed by atoms with Gasteiger partial charge in [0.1, 0.15) is 6.04 Å². The molecule has 2 N–H and O–H groups in total. The number of hydrogen-bond acceptors (Lipinski definition) is 3. The van der Waals surface area contributed by atoms with Crippen molar-refractivity contribution in [3.8, 4) is 0 Å². The minimum Gasteiger partial charge on any atom is -0.480 e. The molecule has 21 heavy (non-hydrogen) atoms. The van der Waals surface area contributed by atoms with Crippen LogP contribution in [0.3, 0.4) is 0 Å². The van der Waals surface area contributed by atoms with Crippen LogP contribution in [-0.2, 0) is 16.1 Å². The summed E-state index contributed by atoms with van der Waals surface area (Å²) in [6, 6.07) is 7.12. The van der Waals surface area contributed by atoms with Crippen LogP contribution in [0.2, 0.25) is 0 Å². The maximum Gasteiger partial charge on any atom is 0.320 e. The molecule has 1 saturated carbocycles. The van der Waals surface area contributed by atoms with E-state index in [4.69, 9.17) is 5.11 Å². The minimum absolute atomic E-state index is 0.0500. The molecule has 1 fully saturated rings. The average molecular weight is 355 g/mol. The highest BCUT2D eigenvalue weighted by atomic mass is 79.9. The first-order valence-electron chi connectivity index (χ1n) is 6.92. The molecular formula is C15H19BrN2O3. The van der Waals surface area contributed by atoms with Gasteiger partial charge in [0.25, 0.3) is 0 Å². The Morgan fingerprint density at radius 1 is 1.43 bits per heavy atom. The molecule has 114 valence electrons. The number of nitrogens with zero attached hydrogens (tertiary/aromatic N) is 1. The Balaban J connectivity index is 1.85. The third kappa shape index (κ3) is 4.54. The van der Waals surface area contributed by atoms with Crippen molar-refractivity contribution in [3.63, 3.8) is 0 Å². The Labute approximate surface area is 132 Å². The standard InChI is InChI=1S/C15H19BrN2O3/c1-18(9-11-4-2-3-5-12(11)16)13(19)8-17-14(15(20)21)10-6-7-10/h2-5,10,14,17H,6-9H2,1H3,(H,20,21). The van der Waals surface area contributed by atoms with Crippen LogP contribution in [0, 0.1) is 5.92 Å². The molecule has 0 bridgehead atoms. The predicted octanol–water partition coefficient (Wildman–Crippen LogP) is 1.86. The molecule has 1 aromatic carbocycles. The molecule has 0 saturated heterocycles. The van der Waals surface area contributed by atoms with Gasteiger partial charge in [-0.05, 0) is 30.4 Å². The van der Waals surface area contributed by atoms with E-state index in [0.29, 0.717) is 6.54 Å². The van der Waals surface area contributed by atoms with Gasteiger partial charge in [0.15, 0.2) is 0 Å². The van der Waals surface area contributed by atoms with E-state index in [2.05, 4.69) is 21.2 Å². The van der Waals surface area contributed by atoms with E-state index < -0.39 is 12.0 Å². The summed E-state index contributed by atoms with van der Waals surface area (Å²) in [4.78, 5) is 24.8. The van der Waals surface area contributed by atoms with Crippen molar-refractivity contribution in [3.05, 3.63) is 34.3 Å². The molecule has 1 aliphatic rings. The number of hydrogen-bond donors (Lipinski definition) is 2. The van der Waals surface area contributed by atoms with Crippen molar-refractivity contribution in [1.82, 2.24) is 10.2 Å². The lowest BCUT2D eigenvalue weighted by molar-refractivity contribution is -0.140. The first kappa shape index (κ1) is 16.0. The number of benzene rings is 1. The summed E-state index contributed by atoms with van der Waals surface area (Å²) in [5, 5.41) is 12.0. The zero-order valence-corrected chi connectivity index (χ0v) is 13.5. The van der Waals surface area contributed by atoms with Crippen LogP contribution in [0.25, 0.3) is 0 Å². The van der Waals surface area contributed by atoms with Gasteiger partial charge in [0, 0.05) is 18.1 Å². The number of likely N-dealkylation sites (N-methyl/N-ethyl adjacent to an activating group) is 1. The van der Waals surface area contributed by atoms with Gasteiger partial charge in [-0.25, -0.2) is 0 Å². The maximum absolute atomic E-state index is 12.1. The van der Waals surface area contributed by atoms with Crippen LogP contribution < -0.4 is 5.32 Å². The summed E-state index contributed by atoms with van der Waals surface area (Å²) in [5.74, 6) is -0.819. The molecule has 6 heteroatoms. The van der Waals surface area contributed by atoms with Crippen LogP contribution in [0.5, 0.6) is 0 Å². The Morgan fingerprint density at radius 3 is 2.67 bits per heavy atom. The molecule has 0 aliphatic heterocycles. The van der Waals surface area contributed by atoms with Crippen molar-refractivity contribution in [2.75, 3.05) is 13.6 Å². The van der Waals surface area contributed by atoms with E-state index in [1.165, 1.54) is 0 Å². The third-order valence-electron chi connectivity index (χ3n) is 3.62. The molecule has 1 unspecified atom stereocenters. The largest absolute Gasteiger partial charge is 0.480 e. The van der Waals surface area contributed by atoms with Crippen LogP contribution in [0.1, 0.15) is 18.4 Å². The number of carbonyl (C=O) groups is 2. The number of nitrogens with one attached hydrogen (secondary N) is 1. The lowest BCUT2D eigenvalue weighted by Crippen LogP contribution is -2.44. The molecular weight excluding hydrogens is 336 g/mol. The minimum atomic E-state index is -0.876. The van der Waals surface area contributed by atoms with E-state index in [1.807, 2.05) is 24.3 Å². The molecule has 1 aromatic rings. The number of amides is 1. The highest BCUT2D eigenvalue weighted by Gasteiger charge is 2.36. The van der Waals surface area contributed by atoms with E-state index in [-0.39, 0.29) is 18.4 Å². The lowest BCUT2D eigenvalue weighted by Gasteiger charge is -2.20. The summed E-state index contributed by atoms with van der Waals surface area (Å²) in [6.07, 6.45) is 1.84. The van der Waals surface area contributed by atoms with Gasteiger partial charge in [0.2, 0.25) is 5.91 Å². The molecule has 1 atom stereocenters. The first-order valence-corrected chi connectivity index (χ1v) is 7.72. The van der Waals surface area contributed by atoms with Crippen molar-refractivity contribution in [1.29, 1.82) is 0 Å². The van der Waals surface area contributed by atoms with Crippen molar-refractivity contribution < 1.29 is 14.7 Å². The van der Waals surface area contributed by atoms with E-state index >= 15 is 0 Å². The SMILES string of the molecule is CN(Cc1ccccc1Br)C(=O)CNC(C(=O)O)C1CC1. The van der Waals surface area contributed by atoms with Gasteiger partial charge in [-0.1, -0.05) is 34.1 Å². The molecule has 1 amide bonds. The maximum atomic E-state index is 12.1. The number of carboxylic acids is 1. The highest BCUT2D eigenvalue weighted by molar-refractivity contribution is 9.10. The Bertz CT molecular complexity index is 531. The summed E-state index contributed by atoms with van der Waals surface area (Å²) in [7, 11) is 1.72. The summed E-state index contributed by atoms with van der Waals surface area (Å²) in [5.41, 5.74) is 1.02. The van der Waals surface area contributed by atoms with Crippen molar-refractivity contribution in [2.24, 2.45) is 5.92 Å². The van der Waals surface area contributed by atoms with Crippen LogP contribution in [0.15, 0.2) is 28.7 Å². The molecule has 0 heterocycles. The Kier molecular flexibility index (Phi) is 5.36. The molecule has 5 nitrogen and oxygen atoms in total. The molecule has 0 radical (unpaired) electrons. The fourth-order valence-electron chi connectivity index (χ4n) is 2.19. The quantitative estimate of drug-likeness (QED) is 0.783. The number of halogens is 1. The smallest absolute Gasteiger partial charge is 0.320 e. The summed E-state index contributed by atoms with van der Waals surface area (Å²) >= 11 is 3.45. The lowest BCUT2D eigenvalue weighted by atomic mass is 10.2. The van der Waals surface area contributed by atoms with E-state index in [0.717, 1.165) is 22.9 Å². The van der Waals surface area contributed by atoms with Crippen LogP contribution in [-0.4, -0.2) is 41.5 Å². The van der Waals surface area contributed by atoms with Gasteiger partial charge < -0.3 is 10.0 Å². The topological polar surface area (TPSA) is 69.6 Å². The van der Waals surface area contributed by atoms with Gasteiger partial charge in [0.05, 0.1) is 6.54 Å². The number of aliphatic carboxylic acids is 1. The van der Waals surface area contributed by atoms with Crippen LogP contribution in [0.4, 0.5) is 0 Å². The third-order valence-corrected chi connectivity index (χ3v) is 4.40. The Hall–Kier alpha value is -1.40. The monoisotopic (exact) mass is 354 g/mol. The second kappa shape index (κ2) is 7.04. The van der Waals surface area contributed by atoms with Gasteiger partial charge >= 0.3 is 5.97 Å². The normalized spacial score (nSPS) is 15.5. The zero-order valence-electron chi connectivity index (χ0n) is 11.9. The second-order valence-electron chi connectivity index (χ2n) is 5.38. The van der Waals surface area contributed by atoms with Crippen molar-refractivity contribution in [2.45, 2.75) is 25.4 Å². The van der Waals surface area contributed by atoms with Gasteiger partial charge in [-0.15, -0.1) is 0 Å².